The van der Waals surface area contributed by atoms with Crippen molar-refractivity contribution in [1.82, 2.24) is 9.80 Å². The lowest BCUT2D eigenvalue weighted by Gasteiger charge is -2.34. The molecule has 0 radical (unpaired) electrons. The normalized spacial score (nSPS) is 16.5. The third kappa shape index (κ3) is 5.82. The summed E-state index contributed by atoms with van der Waals surface area (Å²) in [6, 6.07) is 10.4. The zero-order valence-electron chi connectivity index (χ0n) is 19.4. The van der Waals surface area contributed by atoms with Crippen molar-refractivity contribution in [3.63, 3.8) is 0 Å². The first-order valence-electron chi connectivity index (χ1n) is 11.9. The molecule has 1 fully saturated rings. The number of hydrogen-bond donors (Lipinski definition) is 1. The molecule has 0 spiro atoms. The van der Waals surface area contributed by atoms with Gasteiger partial charge in [0.25, 0.3) is 0 Å². The fraction of sp³-hybridized carbons (Fsp3) is 0.500. The molecule has 1 aliphatic heterocycles. The van der Waals surface area contributed by atoms with Crippen LogP contribution in [-0.4, -0.2) is 54.3 Å². The minimum absolute atomic E-state index is 0.0408. The number of nitrogens with zero attached hydrogens (tertiary/aromatic N) is 3. The molecule has 7 heteroatoms. The van der Waals surface area contributed by atoms with Gasteiger partial charge in [0.05, 0.1) is 12.0 Å². The summed E-state index contributed by atoms with van der Waals surface area (Å²) in [6.45, 7) is 5.66. The summed E-state index contributed by atoms with van der Waals surface area (Å²) in [6.07, 6.45) is 6.27. The van der Waals surface area contributed by atoms with Gasteiger partial charge in [-0.2, -0.15) is 5.26 Å². The molecule has 1 aliphatic carbocycles. The number of nitriles is 1. The number of anilines is 1. The highest BCUT2D eigenvalue weighted by Gasteiger charge is 2.23. The molecule has 0 saturated carbocycles. The molecule has 0 unspecified atom stereocenters. The second-order valence-electron chi connectivity index (χ2n) is 9.00. The lowest BCUT2D eigenvalue weighted by atomic mass is 10.1. The number of piperazine rings is 1. The van der Waals surface area contributed by atoms with Crippen LogP contribution in [0.4, 0.5) is 5.00 Å². The Kier molecular flexibility index (Phi) is 7.79. The van der Waals surface area contributed by atoms with Gasteiger partial charge in [-0.1, -0.05) is 30.7 Å². The summed E-state index contributed by atoms with van der Waals surface area (Å²) in [5, 5.41) is 13.4. The highest BCUT2D eigenvalue weighted by molar-refractivity contribution is 7.16. The van der Waals surface area contributed by atoms with Crippen molar-refractivity contribution in [1.29, 1.82) is 5.26 Å². The summed E-state index contributed by atoms with van der Waals surface area (Å²) in [5.74, 6) is 0.129. The summed E-state index contributed by atoms with van der Waals surface area (Å²) < 4.78 is 0. The van der Waals surface area contributed by atoms with Crippen LogP contribution >= 0.6 is 11.3 Å². The van der Waals surface area contributed by atoms with Crippen LogP contribution in [0.3, 0.4) is 0 Å². The van der Waals surface area contributed by atoms with Gasteiger partial charge >= 0.3 is 0 Å². The van der Waals surface area contributed by atoms with Crippen LogP contribution in [0.25, 0.3) is 0 Å². The van der Waals surface area contributed by atoms with Gasteiger partial charge in [0.15, 0.2) is 0 Å². The van der Waals surface area contributed by atoms with E-state index in [-0.39, 0.29) is 11.8 Å². The van der Waals surface area contributed by atoms with Crippen molar-refractivity contribution in [3.8, 4) is 6.07 Å². The molecule has 33 heavy (non-hydrogen) atoms. The Labute approximate surface area is 200 Å². The molecule has 2 aromatic rings. The summed E-state index contributed by atoms with van der Waals surface area (Å²) in [4.78, 5) is 30.7. The molecule has 2 aliphatic rings. The Morgan fingerprint density at radius 3 is 2.61 bits per heavy atom. The summed E-state index contributed by atoms with van der Waals surface area (Å²) in [5.41, 5.74) is 4.06. The third-order valence-corrected chi connectivity index (χ3v) is 7.98. The van der Waals surface area contributed by atoms with Gasteiger partial charge in [0.1, 0.15) is 11.1 Å². The van der Waals surface area contributed by atoms with E-state index in [0.29, 0.717) is 38.0 Å². The molecule has 2 heterocycles. The molecule has 1 saturated heterocycles. The van der Waals surface area contributed by atoms with E-state index >= 15 is 0 Å². The van der Waals surface area contributed by atoms with Gasteiger partial charge in [-0.25, -0.2) is 0 Å². The van der Waals surface area contributed by atoms with Crippen molar-refractivity contribution >= 4 is 28.2 Å². The van der Waals surface area contributed by atoms with Gasteiger partial charge in [-0.05, 0) is 49.3 Å². The Balaban J connectivity index is 1.23. The molecule has 0 atom stereocenters. The van der Waals surface area contributed by atoms with E-state index in [9.17, 15) is 14.9 Å². The number of amides is 2. The van der Waals surface area contributed by atoms with E-state index in [4.69, 9.17) is 0 Å². The first-order valence-corrected chi connectivity index (χ1v) is 12.8. The number of benzene rings is 1. The number of carbonyl (C=O) groups is 2. The van der Waals surface area contributed by atoms with E-state index in [1.165, 1.54) is 11.3 Å². The van der Waals surface area contributed by atoms with Crippen LogP contribution in [0.5, 0.6) is 0 Å². The Morgan fingerprint density at radius 2 is 1.85 bits per heavy atom. The molecule has 1 N–H and O–H groups in total. The number of carbonyl (C=O) groups excluding carboxylic acids is 2. The Morgan fingerprint density at radius 1 is 1.09 bits per heavy atom. The minimum Gasteiger partial charge on any atom is -0.340 e. The zero-order chi connectivity index (χ0) is 23.2. The minimum atomic E-state index is -0.0408. The van der Waals surface area contributed by atoms with E-state index in [0.717, 1.165) is 60.5 Å². The topological polar surface area (TPSA) is 76.4 Å². The number of hydrogen-bond acceptors (Lipinski definition) is 5. The predicted octanol–water partition coefficient (Wildman–Crippen LogP) is 3.91. The molecule has 1 aromatic heterocycles. The van der Waals surface area contributed by atoms with Crippen molar-refractivity contribution < 1.29 is 9.59 Å². The zero-order valence-corrected chi connectivity index (χ0v) is 20.2. The van der Waals surface area contributed by atoms with Gasteiger partial charge < -0.3 is 10.2 Å². The molecule has 174 valence electrons. The molecular formula is C26H32N4O2S. The second kappa shape index (κ2) is 11.0. The lowest BCUT2D eigenvalue weighted by Crippen LogP contribution is -2.49. The van der Waals surface area contributed by atoms with Gasteiger partial charge in [-0.15, -0.1) is 11.3 Å². The molecular weight excluding hydrogens is 432 g/mol. The SMILES string of the molecule is Cc1ccccc1CC(=O)N1CCN(CCC(=O)Nc2sc3c(c2C#N)CCCCC3)CC1. The summed E-state index contributed by atoms with van der Waals surface area (Å²) >= 11 is 1.58. The third-order valence-electron chi connectivity index (χ3n) is 6.77. The number of rotatable bonds is 6. The lowest BCUT2D eigenvalue weighted by molar-refractivity contribution is -0.132. The molecule has 2 amide bonds. The van der Waals surface area contributed by atoms with Crippen LogP contribution in [0.2, 0.25) is 0 Å². The number of thiophene rings is 1. The number of fused-ring (bicyclic) bond motifs is 1. The first-order chi connectivity index (χ1) is 16.0. The van der Waals surface area contributed by atoms with Gasteiger partial charge in [0, 0.05) is 44.0 Å². The average molecular weight is 465 g/mol. The number of aryl methyl sites for hydroxylation is 2. The fourth-order valence-corrected chi connectivity index (χ4v) is 5.96. The van der Waals surface area contributed by atoms with Crippen LogP contribution in [0, 0.1) is 18.3 Å². The monoisotopic (exact) mass is 464 g/mol. The molecule has 0 bridgehead atoms. The van der Waals surface area contributed by atoms with E-state index in [1.807, 2.05) is 36.1 Å². The van der Waals surface area contributed by atoms with Gasteiger partial charge in [0.2, 0.25) is 11.8 Å². The Bertz CT molecular complexity index is 1050. The molecule has 6 nitrogen and oxygen atoms in total. The van der Waals surface area contributed by atoms with Crippen molar-refractivity contribution in [3.05, 3.63) is 51.4 Å². The highest BCUT2D eigenvalue weighted by atomic mass is 32.1. The standard InChI is InChI=1S/C26H32N4O2S/c1-19-7-5-6-8-20(19)17-25(32)30-15-13-29(14-16-30)12-11-24(31)28-26-22(18-27)21-9-3-2-4-10-23(21)33-26/h5-8H,2-4,9-17H2,1H3,(H,28,31). The van der Waals surface area contributed by atoms with Crippen LogP contribution in [0.15, 0.2) is 24.3 Å². The van der Waals surface area contributed by atoms with E-state index in [2.05, 4.69) is 16.3 Å². The van der Waals surface area contributed by atoms with Crippen molar-refractivity contribution in [2.24, 2.45) is 0 Å². The van der Waals surface area contributed by atoms with E-state index < -0.39 is 0 Å². The van der Waals surface area contributed by atoms with E-state index in [1.54, 1.807) is 11.3 Å². The van der Waals surface area contributed by atoms with Crippen LogP contribution < -0.4 is 5.32 Å². The summed E-state index contributed by atoms with van der Waals surface area (Å²) in [7, 11) is 0. The second-order valence-corrected chi connectivity index (χ2v) is 10.1. The quantitative estimate of drug-likeness (QED) is 0.658. The average Bonchev–Trinajstić information content (AvgIpc) is 2.98. The Hall–Kier alpha value is -2.69. The predicted molar refractivity (Wildman–Crippen MR) is 131 cm³/mol. The number of nitrogens with one attached hydrogen (secondary N) is 1. The molecule has 1 aromatic carbocycles. The molecule has 4 rings (SSSR count). The van der Waals surface area contributed by atoms with Gasteiger partial charge in [-0.3, -0.25) is 14.5 Å². The largest absolute Gasteiger partial charge is 0.340 e. The smallest absolute Gasteiger partial charge is 0.227 e. The van der Waals surface area contributed by atoms with Crippen molar-refractivity contribution in [2.75, 3.05) is 38.0 Å². The van der Waals surface area contributed by atoms with Crippen LogP contribution in [-0.2, 0) is 28.9 Å². The first kappa shape index (κ1) is 23.5. The fourth-order valence-electron chi connectivity index (χ4n) is 4.70. The maximum Gasteiger partial charge on any atom is 0.227 e. The van der Waals surface area contributed by atoms with Crippen molar-refractivity contribution in [2.45, 2.75) is 51.9 Å². The highest BCUT2D eigenvalue weighted by Crippen LogP contribution is 2.37. The maximum absolute atomic E-state index is 12.7. The van der Waals surface area contributed by atoms with Crippen LogP contribution in [0.1, 0.15) is 52.8 Å². The maximum atomic E-state index is 12.7.